The van der Waals surface area contributed by atoms with E-state index in [4.69, 9.17) is 30.3 Å². The molecule has 2 aromatic carbocycles. The summed E-state index contributed by atoms with van der Waals surface area (Å²) in [6.45, 7) is 1.66. The number of aryl methyl sites for hydroxylation is 1. The minimum Gasteiger partial charge on any atom is -0.507 e. The average Bonchev–Trinajstić information content (AvgIpc) is 3.38. The Morgan fingerprint density at radius 3 is 2.38 bits per heavy atom. The average molecular weight is 485 g/mol. The Labute approximate surface area is 200 Å². The quantitative estimate of drug-likeness (QED) is 0.313. The molecule has 1 aliphatic rings. The number of halogens is 1. The highest BCUT2D eigenvalue weighted by Gasteiger charge is 2.49. The number of anilines is 1. The SMILES string of the molecule is COc1ccc(C(O)=C2C(=O)C(=O)N(c3cc(C)on3)C2c2cccc(OC)c2OC)cc1Cl. The van der Waals surface area contributed by atoms with Crippen LogP contribution in [0.3, 0.4) is 0 Å². The van der Waals surface area contributed by atoms with Gasteiger partial charge in [0.05, 0.1) is 31.9 Å². The van der Waals surface area contributed by atoms with Crippen molar-refractivity contribution < 1.29 is 33.4 Å². The molecule has 1 saturated heterocycles. The number of carbonyl (C=O) groups excluding carboxylic acids is 2. The molecule has 1 atom stereocenters. The van der Waals surface area contributed by atoms with Gasteiger partial charge < -0.3 is 23.8 Å². The molecule has 9 nitrogen and oxygen atoms in total. The molecule has 34 heavy (non-hydrogen) atoms. The number of methoxy groups -OCH3 is 3. The lowest BCUT2D eigenvalue weighted by molar-refractivity contribution is -0.132. The standard InChI is InChI=1S/C24H21ClN2O7/c1-12-10-18(26-34-12)27-20(14-6-5-7-17(32-3)23(14)33-4)19(22(29)24(27)30)21(28)13-8-9-16(31-2)15(25)11-13/h5-11,20,28H,1-4H3. The molecule has 176 valence electrons. The summed E-state index contributed by atoms with van der Waals surface area (Å²) in [7, 11) is 4.37. The van der Waals surface area contributed by atoms with Crippen molar-refractivity contribution in [2.45, 2.75) is 13.0 Å². The number of hydrogen-bond donors (Lipinski definition) is 1. The van der Waals surface area contributed by atoms with E-state index in [1.165, 1.54) is 39.5 Å². The van der Waals surface area contributed by atoms with Gasteiger partial charge in [-0.15, -0.1) is 0 Å². The van der Waals surface area contributed by atoms with Gasteiger partial charge in [-0.1, -0.05) is 28.9 Å². The largest absolute Gasteiger partial charge is 0.507 e. The van der Waals surface area contributed by atoms with Gasteiger partial charge in [-0.25, -0.2) is 0 Å². The molecule has 0 spiro atoms. The Kier molecular flexibility index (Phi) is 6.21. The lowest BCUT2D eigenvalue weighted by Crippen LogP contribution is -2.30. The third-order valence-corrected chi connectivity index (χ3v) is 5.76. The number of aliphatic hydroxyl groups excluding tert-OH is 1. The monoisotopic (exact) mass is 484 g/mol. The Balaban J connectivity index is 2.00. The van der Waals surface area contributed by atoms with E-state index in [1.807, 2.05) is 0 Å². The maximum absolute atomic E-state index is 13.3. The van der Waals surface area contributed by atoms with E-state index in [0.29, 0.717) is 28.6 Å². The number of aromatic nitrogens is 1. The molecule has 1 fully saturated rings. The van der Waals surface area contributed by atoms with E-state index in [9.17, 15) is 14.7 Å². The number of aliphatic hydroxyl groups is 1. The fraction of sp³-hybridized carbons (Fsp3) is 0.208. The molecule has 1 amide bonds. The zero-order valence-electron chi connectivity index (χ0n) is 18.8. The first-order valence-electron chi connectivity index (χ1n) is 10.1. The number of Topliss-reactive ketones (excluding diaryl/α,β-unsaturated/α-hetero) is 1. The second kappa shape index (κ2) is 9.11. The molecular weight excluding hydrogens is 464 g/mol. The fourth-order valence-electron chi connectivity index (χ4n) is 3.93. The number of ether oxygens (including phenoxy) is 3. The van der Waals surface area contributed by atoms with Crippen molar-refractivity contribution in [3.05, 3.63) is 69.9 Å². The third-order valence-electron chi connectivity index (χ3n) is 5.46. The Bertz CT molecular complexity index is 1310. The van der Waals surface area contributed by atoms with Crippen molar-refractivity contribution in [3.63, 3.8) is 0 Å². The molecule has 0 radical (unpaired) electrons. The van der Waals surface area contributed by atoms with Crippen LogP contribution in [0.5, 0.6) is 17.2 Å². The van der Waals surface area contributed by atoms with Gasteiger partial charge in [-0.2, -0.15) is 0 Å². The molecule has 0 saturated carbocycles. The summed E-state index contributed by atoms with van der Waals surface area (Å²) >= 11 is 6.23. The van der Waals surface area contributed by atoms with Gasteiger partial charge in [-0.05, 0) is 31.2 Å². The number of ketones is 1. The summed E-state index contributed by atoms with van der Waals surface area (Å²) in [6.07, 6.45) is 0. The van der Waals surface area contributed by atoms with E-state index in [-0.39, 0.29) is 22.0 Å². The van der Waals surface area contributed by atoms with Crippen LogP contribution >= 0.6 is 11.6 Å². The first-order chi connectivity index (χ1) is 16.3. The molecule has 1 aromatic heterocycles. The van der Waals surface area contributed by atoms with Crippen molar-refractivity contribution in [2.24, 2.45) is 0 Å². The van der Waals surface area contributed by atoms with Crippen LogP contribution in [0, 0.1) is 6.92 Å². The Morgan fingerprint density at radius 2 is 1.79 bits per heavy atom. The Hall–Kier alpha value is -3.98. The number of para-hydroxylation sites is 1. The van der Waals surface area contributed by atoms with Gasteiger partial charge >= 0.3 is 5.91 Å². The molecule has 3 aromatic rings. The van der Waals surface area contributed by atoms with E-state index in [1.54, 1.807) is 31.2 Å². The molecule has 1 unspecified atom stereocenters. The smallest absolute Gasteiger partial charge is 0.301 e. The predicted octanol–water partition coefficient (Wildman–Crippen LogP) is 4.29. The molecule has 1 N–H and O–H groups in total. The molecule has 0 aliphatic carbocycles. The summed E-state index contributed by atoms with van der Waals surface area (Å²) in [6, 6.07) is 10.0. The maximum Gasteiger partial charge on any atom is 0.301 e. The van der Waals surface area contributed by atoms with Crippen LogP contribution in [0.1, 0.15) is 22.9 Å². The first kappa shape index (κ1) is 23.2. The lowest BCUT2D eigenvalue weighted by atomic mass is 9.94. The van der Waals surface area contributed by atoms with Crippen molar-refractivity contribution in [1.29, 1.82) is 0 Å². The van der Waals surface area contributed by atoms with Crippen molar-refractivity contribution >= 4 is 34.9 Å². The third kappa shape index (κ3) is 3.73. The van der Waals surface area contributed by atoms with Crippen LogP contribution in [-0.2, 0) is 9.59 Å². The molecule has 0 bridgehead atoms. The topological polar surface area (TPSA) is 111 Å². The van der Waals surface area contributed by atoms with E-state index >= 15 is 0 Å². The van der Waals surface area contributed by atoms with Crippen LogP contribution < -0.4 is 19.1 Å². The van der Waals surface area contributed by atoms with Crippen molar-refractivity contribution in [1.82, 2.24) is 5.16 Å². The summed E-state index contributed by atoms with van der Waals surface area (Å²) in [5.74, 6) is -0.584. The fourth-order valence-corrected chi connectivity index (χ4v) is 4.18. The number of amides is 1. The maximum atomic E-state index is 13.3. The zero-order valence-corrected chi connectivity index (χ0v) is 19.5. The van der Waals surface area contributed by atoms with Crippen molar-refractivity contribution in [3.8, 4) is 17.2 Å². The summed E-state index contributed by atoms with van der Waals surface area (Å²) in [5, 5.41) is 15.4. The summed E-state index contributed by atoms with van der Waals surface area (Å²) in [4.78, 5) is 27.6. The molecule has 1 aliphatic heterocycles. The van der Waals surface area contributed by atoms with Gasteiger partial charge in [0.2, 0.25) is 0 Å². The van der Waals surface area contributed by atoms with Crippen LogP contribution in [0.15, 0.2) is 52.6 Å². The van der Waals surface area contributed by atoms with Gasteiger partial charge in [0.25, 0.3) is 5.78 Å². The molecule has 2 heterocycles. The van der Waals surface area contributed by atoms with Crippen LogP contribution in [0.4, 0.5) is 5.82 Å². The lowest BCUT2D eigenvalue weighted by Gasteiger charge is -2.25. The summed E-state index contributed by atoms with van der Waals surface area (Å²) in [5.41, 5.74) is 0.466. The van der Waals surface area contributed by atoms with Gasteiger partial charge in [0.1, 0.15) is 23.3 Å². The van der Waals surface area contributed by atoms with Crippen LogP contribution in [0.2, 0.25) is 5.02 Å². The highest BCUT2D eigenvalue weighted by molar-refractivity contribution is 6.51. The molecular formula is C24H21ClN2O7. The van der Waals surface area contributed by atoms with Crippen LogP contribution in [-0.4, -0.2) is 43.3 Å². The second-order valence-corrected chi connectivity index (χ2v) is 7.80. The van der Waals surface area contributed by atoms with Crippen molar-refractivity contribution in [2.75, 3.05) is 26.2 Å². The van der Waals surface area contributed by atoms with Gasteiger partial charge in [0.15, 0.2) is 17.3 Å². The van der Waals surface area contributed by atoms with E-state index in [2.05, 4.69) is 5.16 Å². The number of hydrogen-bond acceptors (Lipinski definition) is 8. The zero-order chi connectivity index (χ0) is 24.6. The summed E-state index contributed by atoms with van der Waals surface area (Å²) < 4.78 is 21.3. The van der Waals surface area contributed by atoms with Crippen LogP contribution in [0.25, 0.3) is 5.76 Å². The minimum absolute atomic E-state index is 0.112. The molecule has 10 heteroatoms. The van der Waals surface area contributed by atoms with Gasteiger partial charge in [0, 0.05) is 17.2 Å². The Morgan fingerprint density at radius 1 is 1.06 bits per heavy atom. The number of nitrogens with zero attached hydrogens (tertiary/aromatic N) is 2. The van der Waals surface area contributed by atoms with E-state index in [0.717, 1.165) is 4.90 Å². The number of rotatable bonds is 6. The first-order valence-corrected chi connectivity index (χ1v) is 10.5. The highest BCUT2D eigenvalue weighted by atomic mass is 35.5. The second-order valence-electron chi connectivity index (χ2n) is 7.40. The number of benzene rings is 2. The van der Waals surface area contributed by atoms with Gasteiger partial charge in [-0.3, -0.25) is 14.5 Å². The minimum atomic E-state index is -1.09. The van der Waals surface area contributed by atoms with E-state index < -0.39 is 23.5 Å². The number of carbonyl (C=O) groups is 2. The highest BCUT2D eigenvalue weighted by Crippen LogP contribution is 2.47. The normalized spacial score (nSPS) is 17.2. The molecule has 4 rings (SSSR count). The predicted molar refractivity (Wildman–Crippen MR) is 124 cm³/mol.